The number of aromatic nitrogens is 2. The van der Waals surface area contributed by atoms with Crippen LogP contribution in [-0.4, -0.2) is 9.97 Å². The van der Waals surface area contributed by atoms with E-state index in [2.05, 4.69) is 22.1 Å². The van der Waals surface area contributed by atoms with Crippen LogP contribution in [0, 0.1) is 0 Å². The van der Waals surface area contributed by atoms with Crippen LogP contribution < -0.4 is 5.73 Å². The first-order valence-corrected chi connectivity index (χ1v) is 5.40. The summed E-state index contributed by atoms with van der Waals surface area (Å²) in [5.74, 6) is 0.521. The molecule has 0 unspecified atom stereocenters. The van der Waals surface area contributed by atoms with Gasteiger partial charge in [-0.1, -0.05) is 30.3 Å². The Morgan fingerprint density at radius 3 is 2.53 bits per heavy atom. The van der Waals surface area contributed by atoms with Gasteiger partial charge in [0.05, 0.1) is 0 Å². The lowest BCUT2D eigenvalue weighted by Crippen LogP contribution is -1.93. The molecule has 3 aromatic rings. The Morgan fingerprint density at radius 2 is 1.71 bits per heavy atom. The first-order valence-electron chi connectivity index (χ1n) is 5.40. The standard InChI is InChI=1S/C14H11N3/c15-14-13-8-16-7-6-11(13)12(9-17-14)10-4-2-1-3-5-10/h1-9H,(H2,15,17). The van der Waals surface area contributed by atoms with Crippen molar-refractivity contribution in [2.45, 2.75) is 0 Å². The van der Waals surface area contributed by atoms with Crippen LogP contribution in [0.15, 0.2) is 55.0 Å². The lowest BCUT2D eigenvalue weighted by molar-refractivity contribution is 1.32. The second-order valence-corrected chi connectivity index (χ2v) is 3.84. The summed E-state index contributed by atoms with van der Waals surface area (Å²) in [5, 5.41) is 1.98. The highest BCUT2D eigenvalue weighted by Crippen LogP contribution is 2.29. The smallest absolute Gasteiger partial charge is 0.132 e. The number of anilines is 1. The largest absolute Gasteiger partial charge is 0.383 e. The number of benzene rings is 1. The molecule has 0 saturated heterocycles. The predicted molar refractivity (Wildman–Crippen MR) is 69.4 cm³/mol. The second kappa shape index (κ2) is 3.87. The highest BCUT2D eigenvalue weighted by molar-refractivity contribution is 6.00. The topological polar surface area (TPSA) is 51.8 Å². The molecule has 3 heteroatoms. The first-order chi connectivity index (χ1) is 8.36. The molecule has 0 spiro atoms. The number of fused-ring (bicyclic) bond motifs is 1. The third kappa shape index (κ3) is 1.61. The van der Waals surface area contributed by atoms with E-state index >= 15 is 0 Å². The van der Waals surface area contributed by atoms with Crippen molar-refractivity contribution < 1.29 is 0 Å². The number of nitrogens with zero attached hydrogens (tertiary/aromatic N) is 2. The van der Waals surface area contributed by atoms with Crippen LogP contribution in [0.1, 0.15) is 0 Å². The van der Waals surface area contributed by atoms with Gasteiger partial charge in [-0.05, 0) is 17.0 Å². The van der Waals surface area contributed by atoms with Crippen LogP contribution in [0.25, 0.3) is 21.9 Å². The number of pyridine rings is 2. The average molecular weight is 221 g/mol. The SMILES string of the molecule is Nc1ncc(-c2ccccc2)c2ccncc12. The molecule has 2 heterocycles. The molecule has 2 aromatic heterocycles. The summed E-state index contributed by atoms with van der Waals surface area (Å²) < 4.78 is 0. The zero-order chi connectivity index (χ0) is 11.7. The van der Waals surface area contributed by atoms with Crippen molar-refractivity contribution in [1.29, 1.82) is 0 Å². The van der Waals surface area contributed by atoms with Crippen LogP contribution in [0.3, 0.4) is 0 Å². The zero-order valence-corrected chi connectivity index (χ0v) is 9.17. The number of hydrogen-bond donors (Lipinski definition) is 1. The summed E-state index contributed by atoms with van der Waals surface area (Å²) in [4.78, 5) is 8.31. The fourth-order valence-corrected chi connectivity index (χ4v) is 1.95. The number of nitrogens with two attached hydrogens (primary N) is 1. The Bertz CT molecular complexity index is 663. The maximum absolute atomic E-state index is 5.85. The van der Waals surface area contributed by atoms with Crippen LogP contribution in [0.5, 0.6) is 0 Å². The fourth-order valence-electron chi connectivity index (χ4n) is 1.95. The van der Waals surface area contributed by atoms with Crippen molar-refractivity contribution in [3.63, 3.8) is 0 Å². The quantitative estimate of drug-likeness (QED) is 0.687. The molecule has 0 saturated carbocycles. The molecular weight excluding hydrogens is 210 g/mol. The maximum Gasteiger partial charge on any atom is 0.132 e. The van der Waals surface area contributed by atoms with Gasteiger partial charge in [-0.3, -0.25) is 4.98 Å². The predicted octanol–water partition coefficient (Wildman–Crippen LogP) is 2.88. The molecule has 0 aliphatic carbocycles. The summed E-state index contributed by atoms with van der Waals surface area (Å²) >= 11 is 0. The maximum atomic E-state index is 5.85. The monoisotopic (exact) mass is 221 g/mol. The molecule has 0 aliphatic heterocycles. The number of nitrogen functional groups attached to an aromatic ring is 1. The van der Waals surface area contributed by atoms with Gasteiger partial charge < -0.3 is 5.73 Å². The van der Waals surface area contributed by atoms with Crippen LogP contribution in [0.2, 0.25) is 0 Å². The van der Waals surface area contributed by atoms with E-state index in [1.54, 1.807) is 12.4 Å². The molecule has 0 radical (unpaired) electrons. The van der Waals surface area contributed by atoms with Crippen molar-refractivity contribution in [3.05, 3.63) is 55.0 Å². The summed E-state index contributed by atoms with van der Waals surface area (Å²) in [5.41, 5.74) is 8.07. The molecule has 0 fully saturated rings. The van der Waals surface area contributed by atoms with Crippen molar-refractivity contribution in [2.24, 2.45) is 0 Å². The molecule has 0 atom stereocenters. The lowest BCUT2D eigenvalue weighted by atomic mass is 10.0. The highest BCUT2D eigenvalue weighted by Gasteiger charge is 2.06. The van der Waals surface area contributed by atoms with Crippen LogP contribution in [-0.2, 0) is 0 Å². The van der Waals surface area contributed by atoms with E-state index in [4.69, 9.17) is 5.73 Å². The number of rotatable bonds is 1. The van der Waals surface area contributed by atoms with Crippen LogP contribution >= 0.6 is 0 Å². The van der Waals surface area contributed by atoms with Crippen LogP contribution in [0.4, 0.5) is 5.82 Å². The molecule has 1 aromatic carbocycles. The van der Waals surface area contributed by atoms with E-state index in [1.807, 2.05) is 30.5 Å². The lowest BCUT2D eigenvalue weighted by Gasteiger charge is -2.07. The third-order valence-electron chi connectivity index (χ3n) is 2.80. The normalized spacial score (nSPS) is 10.6. The Balaban J connectivity index is 2.35. The summed E-state index contributed by atoms with van der Waals surface area (Å²) in [7, 11) is 0. The molecule has 0 amide bonds. The highest BCUT2D eigenvalue weighted by atomic mass is 14.8. The first kappa shape index (κ1) is 9.78. The fraction of sp³-hybridized carbons (Fsp3) is 0. The van der Waals surface area contributed by atoms with E-state index < -0.39 is 0 Å². The van der Waals surface area contributed by atoms with Crippen molar-refractivity contribution >= 4 is 16.6 Å². The molecule has 3 nitrogen and oxygen atoms in total. The van der Waals surface area contributed by atoms with Gasteiger partial charge in [-0.25, -0.2) is 4.98 Å². The van der Waals surface area contributed by atoms with Crippen molar-refractivity contribution in [1.82, 2.24) is 9.97 Å². The van der Waals surface area contributed by atoms with Gasteiger partial charge in [0.15, 0.2) is 0 Å². The molecule has 3 rings (SSSR count). The molecule has 0 aliphatic rings. The van der Waals surface area contributed by atoms with E-state index in [0.29, 0.717) is 5.82 Å². The molecule has 17 heavy (non-hydrogen) atoms. The van der Waals surface area contributed by atoms with Gasteiger partial charge in [0.1, 0.15) is 5.82 Å². The Hall–Kier alpha value is -2.42. The van der Waals surface area contributed by atoms with Gasteiger partial charge in [-0.2, -0.15) is 0 Å². The molecule has 82 valence electrons. The number of hydrogen-bond acceptors (Lipinski definition) is 3. The van der Waals surface area contributed by atoms with E-state index in [-0.39, 0.29) is 0 Å². The Kier molecular flexibility index (Phi) is 2.22. The summed E-state index contributed by atoms with van der Waals surface area (Å²) in [6.45, 7) is 0. The third-order valence-corrected chi connectivity index (χ3v) is 2.80. The average Bonchev–Trinajstić information content (AvgIpc) is 2.41. The van der Waals surface area contributed by atoms with Gasteiger partial charge in [0, 0.05) is 29.5 Å². The van der Waals surface area contributed by atoms with Gasteiger partial charge >= 0.3 is 0 Å². The summed E-state index contributed by atoms with van der Waals surface area (Å²) in [6, 6.07) is 12.1. The van der Waals surface area contributed by atoms with Gasteiger partial charge in [-0.15, -0.1) is 0 Å². The Labute approximate surface area is 98.9 Å². The minimum absolute atomic E-state index is 0.521. The second-order valence-electron chi connectivity index (χ2n) is 3.84. The van der Waals surface area contributed by atoms with Gasteiger partial charge in [0.25, 0.3) is 0 Å². The van der Waals surface area contributed by atoms with Crippen molar-refractivity contribution in [2.75, 3.05) is 5.73 Å². The van der Waals surface area contributed by atoms with E-state index in [9.17, 15) is 0 Å². The summed E-state index contributed by atoms with van der Waals surface area (Å²) in [6.07, 6.45) is 5.34. The van der Waals surface area contributed by atoms with Gasteiger partial charge in [0.2, 0.25) is 0 Å². The molecular formula is C14H11N3. The van der Waals surface area contributed by atoms with E-state index in [1.165, 1.54) is 0 Å². The minimum atomic E-state index is 0.521. The minimum Gasteiger partial charge on any atom is -0.383 e. The Morgan fingerprint density at radius 1 is 0.882 bits per heavy atom. The molecule has 0 bridgehead atoms. The van der Waals surface area contributed by atoms with Crippen molar-refractivity contribution in [3.8, 4) is 11.1 Å². The molecule has 2 N–H and O–H groups in total. The zero-order valence-electron chi connectivity index (χ0n) is 9.17. The van der Waals surface area contributed by atoms with E-state index in [0.717, 1.165) is 21.9 Å².